The molecule has 7 heteroatoms. The van der Waals surface area contributed by atoms with Gasteiger partial charge in [0.25, 0.3) is 0 Å². The van der Waals surface area contributed by atoms with Gasteiger partial charge in [0, 0.05) is 11.6 Å². The Kier molecular flexibility index (Phi) is 6.72. The van der Waals surface area contributed by atoms with E-state index in [1.54, 1.807) is 37.4 Å². The van der Waals surface area contributed by atoms with Crippen LogP contribution < -0.4 is 14.8 Å². The Morgan fingerprint density at radius 3 is 2.59 bits per heavy atom. The van der Waals surface area contributed by atoms with E-state index in [2.05, 4.69) is 16.4 Å². The van der Waals surface area contributed by atoms with E-state index in [1.807, 2.05) is 30.3 Å². The van der Waals surface area contributed by atoms with Crippen LogP contribution in [0.5, 0.6) is 11.5 Å². The number of carbonyl (C=O) groups is 1. The van der Waals surface area contributed by atoms with Crippen LogP contribution in [0.1, 0.15) is 5.56 Å². The standard InChI is InChI=1S/C22H19N3O3S/c1-27-17-9-11-20(28-2)19(12-17)24-21(26)14-29-22-16(13-23)8-10-18(25-22)15-6-4-3-5-7-15/h3-12H,14H2,1-2H3,(H,24,26). The molecule has 1 heterocycles. The number of carbonyl (C=O) groups excluding carboxylic acids is 1. The Hall–Kier alpha value is -3.50. The Bertz CT molecular complexity index is 1050. The predicted octanol–water partition coefficient (Wildman–Crippen LogP) is 4.37. The number of pyridine rings is 1. The van der Waals surface area contributed by atoms with E-state index in [4.69, 9.17) is 9.47 Å². The lowest BCUT2D eigenvalue weighted by Crippen LogP contribution is -2.15. The van der Waals surface area contributed by atoms with Crippen molar-refractivity contribution >= 4 is 23.4 Å². The van der Waals surface area contributed by atoms with Gasteiger partial charge in [-0.05, 0) is 24.3 Å². The van der Waals surface area contributed by atoms with Gasteiger partial charge in [-0.15, -0.1) is 0 Å². The zero-order valence-corrected chi connectivity index (χ0v) is 16.8. The first kappa shape index (κ1) is 20.2. The SMILES string of the molecule is COc1ccc(OC)c(NC(=O)CSc2nc(-c3ccccc3)ccc2C#N)c1. The summed E-state index contributed by atoms with van der Waals surface area (Å²) in [4.78, 5) is 17.0. The molecule has 0 aliphatic rings. The topological polar surface area (TPSA) is 84.2 Å². The summed E-state index contributed by atoms with van der Waals surface area (Å²) in [6, 6.07) is 20.5. The van der Waals surface area contributed by atoms with Crippen LogP contribution >= 0.6 is 11.8 Å². The largest absolute Gasteiger partial charge is 0.497 e. The van der Waals surface area contributed by atoms with Gasteiger partial charge < -0.3 is 14.8 Å². The second-order valence-electron chi connectivity index (χ2n) is 5.93. The number of thioether (sulfide) groups is 1. The molecule has 0 aliphatic carbocycles. The van der Waals surface area contributed by atoms with Crippen molar-refractivity contribution in [3.8, 4) is 28.8 Å². The van der Waals surface area contributed by atoms with Gasteiger partial charge in [0.15, 0.2) is 0 Å². The maximum absolute atomic E-state index is 12.5. The third-order valence-electron chi connectivity index (χ3n) is 4.07. The summed E-state index contributed by atoms with van der Waals surface area (Å²) >= 11 is 1.21. The fourth-order valence-electron chi connectivity index (χ4n) is 2.64. The van der Waals surface area contributed by atoms with E-state index in [-0.39, 0.29) is 11.7 Å². The number of hydrogen-bond acceptors (Lipinski definition) is 6. The van der Waals surface area contributed by atoms with Gasteiger partial charge in [0.05, 0.1) is 36.9 Å². The summed E-state index contributed by atoms with van der Waals surface area (Å²) in [5, 5.41) is 12.7. The van der Waals surface area contributed by atoms with Crippen molar-refractivity contribution in [3.63, 3.8) is 0 Å². The second kappa shape index (κ2) is 9.62. The van der Waals surface area contributed by atoms with Crippen molar-refractivity contribution in [2.75, 3.05) is 25.3 Å². The smallest absolute Gasteiger partial charge is 0.234 e. The van der Waals surface area contributed by atoms with E-state index < -0.39 is 0 Å². The maximum atomic E-state index is 12.5. The predicted molar refractivity (Wildman–Crippen MR) is 113 cm³/mol. The number of ether oxygens (including phenoxy) is 2. The molecule has 1 aromatic heterocycles. The molecule has 3 aromatic rings. The number of nitrogens with one attached hydrogen (secondary N) is 1. The van der Waals surface area contributed by atoms with Crippen molar-refractivity contribution in [3.05, 3.63) is 66.2 Å². The normalized spacial score (nSPS) is 10.1. The van der Waals surface area contributed by atoms with Crippen LogP contribution in [-0.4, -0.2) is 30.9 Å². The molecule has 0 aliphatic heterocycles. The van der Waals surface area contributed by atoms with Crippen LogP contribution in [-0.2, 0) is 4.79 Å². The Morgan fingerprint density at radius 1 is 1.10 bits per heavy atom. The minimum atomic E-state index is -0.239. The van der Waals surface area contributed by atoms with Crippen molar-refractivity contribution in [2.45, 2.75) is 5.03 Å². The van der Waals surface area contributed by atoms with Gasteiger partial charge in [0.2, 0.25) is 5.91 Å². The van der Waals surface area contributed by atoms with Crippen molar-refractivity contribution in [1.29, 1.82) is 5.26 Å². The quantitative estimate of drug-likeness (QED) is 0.588. The highest BCUT2D eigenvalue weighted by Gasteiger charge is 2.13. The van der Waals surface area contributed by atoms with E-state index >= 15 is 0 Å². The summed E-state index contributed by atoms with van der Waals surface area (Å²) in [6.45, 7) is 0. The molecule has 2 aromatic carbocycles. The molecule has 3 rings (SSSR count). The molecule has 0 saturated carbocycles. The summed E-state index contributed by atoms with van der Waals surface area (Å²) < 4.78 is 10.5. The molecule has 1 N–H and O–H groups in total. The highest BCUT2D eigenvalue weighted by Crippen LogP contribution is 2.30. The van der Waals surface area contributed by atoms with Gasteiger partial charge in [-0.25, -0.2) is 4.98 Å². The number of aromatic nitrogens is 1. The third kappa shape index (κ3) is 5.06. The van der Waals surface area contributed by atoms with Gasteiger partial charge in [0.1, 0.15) is 22.6 Å². The minimum Gasteiger partial charge on any atom is -0.497 e. The molecule has 0 saturated heterocycles. The highest BCUT2D eigenvalue weighted by atomic mass is 32.2. The molecule has 0 unspecified atom stereocenters. The van der Waals surface area contributed by atoms with Crippen LogP contribution in [0.15, 0.2) is 65.7 Å². The molecule has 146 valence electrons. The Balaban J connectivity index is 1.74. The zero-order chi connectivity index (χ0) is 20.6. The lowest BCUT2D eigenvalue weighted by molar-refractivity contribution is -0.113. The monoisotopic (exact) mass is 405 g/mol. The van der Waals surface area contributed by atoms with Crippen LogP contribution in [0.3, 0.4) is 0 Å². The molecule has 0 radical (unpaired) electrons. The zero-order valence-electron chi connectivity index (χ0n) is 16.0. The summed E-state index contributed by atoms with van der Waals surface area (Å²) in [7, 11) is 3.09. The summed E-state index contributed by atoms with van der Waals surface area (Å²) in [5.74, 6) is 1.00. The molecular formula is C22H19N3O3S. The maximum Gasteiger partial charge on any atom is 0.234 e. The number of rotatable bonds is 7. The van der Waals surface area contributed by atoms with E-state index in [0.717, 1.165) is 11.3 Å². The fraction of sp³-hybridized carbons (Fsp3) is 0.136. The highest BCUT2D eigenvalue weighted by molar-refractivity contribution is 8.00. The van der Waals surface area contributed by atoms with Crippen LogP contribution in [0.4, 0.5) is 5.69 Å². The molecule has 1 amide bonds. The second-order valence-corrected chi connectivity index (χ2v) is 6.89. The lowest BCUT2D eigenvalue weighted by Gasteiger charge is -2.12. The Labute approximate surface area is 173 Å². The molecule has 6 nitrogen and oxygen atoms in total. The van der Waals surface area contributed by atoms with Crippen molar-refractivity contribution < 1.29 is 14.3 Å². The number of nitrogens with zero attached hydrogens (tertiary/aromatic N) is 2. The van der Waals surface area contributed by atoms with Crippen molar-refractivity contribution in [1.82, 2.24) is 4.98 Å². The average molecular weight is 405 g/mol. The number of anilines is 1. The lowest BCUT2D eigenvalue weighted by atomic mass is 10.1. The first-order valence-electron chi connectivity index (χ1n) is 8.76. The van der Waals surface area contributed by atoms with E-state index in [1.165, 1.54) is 18.9 Å². The number of benzene rings is 2. The molecular weight excluding hydrogens is 386 g/mol. The van der Waals surface area contributed by atoms with Crippen LogP contribution in [0, 0.1) is 11.3 Å². The van der Waals surface area contributed by atoms with Crippen molar-refractivity contribution in [2.24, 2.45) is 0 Å². The summed E-state index contributed by atoms with van der Waals surface area (Å²) in [5.41, 5.74) is 2.65. The first-order valence-corrected chi connectivity index (χ1v) is 9.74. The molecule has 0 spiro atoms. The molecule has 0 bridgehead atoms. The Morgan fingerprint density at radius 2 is 1.90 bits per heavy atom. The van der Waals surface area contributed by atoms with Gasteiger partial charge in [-0.1, -0.05) is 42.1 Å². The van der Waals surface area contributed by atoms with Crippen LogP contribution in [0.2, 0.25) is 0 Å². The number of amides is 1. The third-order valence-corrected chi connectivity index (χ3v) is 5.06. The molecule has 29 heavy (non-hydrogen) atoms. The number of hydrogen-bond donors (Lipinski definition) is 1. The van der Waals surface area contributed by atoms with E-state index in [9.17, 15) is 10.1 Å². The number of nitriles is 1. The number of methoxy groups -OCH3 is 2. The minimum absolute atomic E-state index is 0.0975. The summed E-state index contributed by atoms with van der Waals surface area (Å²) in [6.07, 6.45) is 0. The molecule has 0 fully saturated rings. The van der Waals surface area contributed by atoms with E-state index in [0.29, 0.717) is 27.8 Å². The molecule has 0 atom stereocenters. The first-order chi connectivity index (χ1) is 14.1. The van der Waals surface area contributed by atoms with Gasteiger partial charge in [-0.2, -0.15) is 5.26 Å². The van der Waals surface area contributed by atoms with Gasteiger partial charge in [-0.3, -0.25) is 4.79 Å². The van der Waals surface area contributed by atoms with Gasteiger partial charge >= 0.3 is 0 Å². The average Bonchev–Trinajstić information content (AvgIpc) is 2.78. The van der Waals surface area contributed by atoms with Crippen LogP contribution in [0.25, 0.3) is 11.3 Å². The fourth-order valence-corrected chi connectivity index (χ4v) is 3.41.